The van der Waals surface area contributed by atoms with Crippen LogP contribution in [0.25, 0.3) is 6.08 Å². The Labute approximate surface area is 235 Å². The highest BCUT2D eigenvalue weighted by Gasteiger charge is 2.71. The molecule has 3 aromatic rings. The lowest BCUT2D eigenvalue weighted by atomic mass is 9.42. The number of hydrogen-bond acceptors (Lipinski definition) is 5. The molecule has 4 aliphatic rings. The molecule has 1 saturated heterocycles. The number of methoxy groups -OCH3 is 3. The maximum absolute atomic E-state index is 14.0. The van der Waals surface area contributed by atoms with E-state index in [1.54, 1.807) is 26.4 Å². The van der Waals surface area contributed by atoms with Crippen molar-refractivity contribution in [1.82, 2.24) is 4.90 Å². The van der Waals surface area contributed by atoms with Gasteiger partial charge in [0.2, 0.25) is 5.91 Å². The van der Waals surface area contributed by atoms with Crippen LogP contribution in [0.3, 0.4) is 0 Å². The van der Waals surface area contributed by atoms with Crippen LogP contribution >= 0.6 is 0 Å². The zero-order valence-electron chi connectivity index (χ0n) is 23.5. The van der Waals surface area contributed by atoms with E-state index >= 15 is 0 Å². The fraction of sp³-hybridized carbons (Fsp3) is 0.353. The molecular formula is C34H35NO5. The summed E-state index contributed by atoms with van der Waals surface area (Å²) in [5, 5.41) is 0. The lowest BCUT2D eigenvalue weighted by Gasteiger charge is -2.59. The van der Waals surface area contributed by atoms with Gasteiger partial charge in [-0.1, -0.05) is 60.2 Å². The molecule has 1 amide bonds. The predicted molar refractivity (Wildman–Crippen MR) is 153 cm³/mol. The Kier molecular flexibility index (Phi) is 6.44. The smallest absolute Gasteiger partial charge is 0.314 e. The number of carbonyl (C=O) groups excluding carboxylic acids is 2. The number of benzene rings is 3. The molecular weight excluding hydrogens is 502 g/mol. The summed E-state index contributed by atoms with van der Waals surface area (Å²) in [5.74, 6) is 0.863. The van der Waals surface area contributed by atoms with E-state index in [9.17, 15) is 9.59 Å². The molecule has 6 nitrogen and oxygen atoms in total. The minimum absolute atomic E-state index is 0.112. The third-order valence-electron chi connectivity index (χ3n) is 9.62. The number of carbonyl (C=O) groups is 2. The lowest BCUT2D eigenvalue weighted by Crippen LogP contribution is -2.60. The van der Waals surface area contributed by atoms with Crippen LogP contribution in [0.15, 0.2) is 72.8 Å². The number of amides is 1. The van der Waals surface area contributed by atoms with Gasteiger partial charge in [0.05, 0.1) is 26.7 Å². The first-order valence-electron chi connectivity index (χ1n) is 13.8. The zero-order chi connectivity index (χ0) is 28.1. The van der Waals surface area contributed by atoms with Crippen molar-refractivity contribution >= 4 is 18.0 Å². The van der Waals surface area contributed by atoms with E-state index < -0.39 is 10.8 Å². The topological polar surface area (TPSA) is 65.1 Å². The molecule has 1 aliphatic heterocycles. The zero-order valence-corrected chi connectivity index (χ0v) is 23.5. The number of aryl methyl sites for hydroxylation is 1. The van der Waals surface area contributed by atoms with E-state index in [0.29, 0.717) is 18.8 Å². The van der Waals surface area contributed by atoms with E-state index in [1.165, 1.54) is 23.8 Å². The molecule has 3 aromatic carbocycles. The minimum atomic E-state index is -0.881. The molecule has 0 aromatic heterocycles. The molecule has 40 heavy (non-hydrogen) atoms. The molecule has 1 saturated carbocycles. The first-order valence-corrected chi connectivity index (χ1v) is 13.8. The molecule has 1 heterocycles. The van der Waals surface area contributed by atoms with Crippen molar-refractivity contribution in [3.63, 3.8) is 0 Å². The molecule has 0 radical (unpaired) electrons. The summed E-state index contributed by atoms with van der Waals surface area (Å²) in [6.07, 6.45) is 5.08. The quantitative estimate of drug-likeness (QED) is 0.306. The minimum Gasteiger partial charge on any atom is -0.496 e. The second-order valence-corrected chi connectivity index (χ2v) is 11.2. The molecule has 2 fully saturated rings. The Morgan fingerprint density at radius 2 is 1.65 bits per heavy atom. The monoisotopic (exact) mass is 537 g/mol. The highest BCUT2D eigenvalue weighted by atomic mass is 16.5. The standard InChI is InChI=1S/C34H35NO5/c1-22-12-15-24(16-13-22)33-19-18-26(31-25(33)9-7-11-28(31)39-3)34(32(37)40-4)21-35(20-29(33)34)30(36)17-14-23-8-5-6-10-27(23)38-2/h5-17,26,29H,18-21H2,1-4H3/b17-14+/t26-,29-,33-,34-/m0/s1. The maximum atomic E-state index is 14.0. The summed E-state index contributed by atoms with van der Waals surface area (Å²) in [6.45, 7) is 2.85. The average molecular weight is 538 g/mol. The molecule has 6 heteroatoms. The SMILES string of the molecule is COC(=O)[C@]12CN(C(=O)/C=C/c3ccccc3OC)C[C@H]1[C@]1(c3ccc(C)cc3)CC[C@H]2c2c(OC)cccc21. The van der Waals surface area contributed by atoms with Gasteiger partial charge in [0.25, 0.3) is 0 Å². The molecule has 7 rings (SSSR count). The molecule has 2 bridgehead atoms. The average Bonchev–Trinajstić information content (AvgIpc) is 3.44. The fourth-order valence-electron chi connectivity index (χ4n) is 7.95. The van der Waals surface area contributed by atoms with Gasteiger partial charge in [-0.3, -0.25) is 9.59 Å². The van der Waals surface area contributed by atoms with Crippen molar-refractivity contribution in [2.45, 2.75) is 31.1 Å². The van der Waals surface area contributed by atoms with E-state index in [1.807, 2.05) is 41.3 Å². The molecule has 3 aliphatic carbocycles. The number of hydrogen-bond donors (Lipinski definition) is 0. The second-order valence-electron chi connectivity index (χ2n) is 11.2. The van der Waals surface area contributed by atoms with Gasteiger partial charge in [0.1, 0.15) is 11.5 Å². The van der Waals surface area contributed by atoms with Crippen LogP contribution in [0.1, 0.15) is 46.6 Å². The van der Waals surface area contributed by atoms with Crippen molar-refractivity contribution < 1.29 is 23.8 Å². The van der Waals surface area contributed by atoms with Gasteiger partial charge >= 0.3 is 5.97 Å². The number of nitrogens with zero attached hydrogens (tertiary/aromatic N) is 1. The van der Waals surface area contributed by atoms with E-state index in [0.717, 1.165) is 29.7 Å². The van der Waals surface area contributed by atoms with Crippen LogP contribution in [0.4, 0.5) is 0 Å². The predicted octanol–water partition coefficient (Wildman–Crippen LogP) is 5.52. The van der Waals surface area contributed by atoms with Crippen LogP contribution in [0, 0.1) is 18.3 Å². The number of esters is 1. The van der Waals surface area contributed by atoms with E-state index in [2.05, 4.69) is 37.3 Å². The Bertz CT molecular complexity index is 1490. The van der Waals surface area contributed by atoms with Crippen molar-refractivity contribution in [1.29, 1.82) is 0 Å². The van der Waals surface area contributed by atoms with Crippen LogP contribution in [-0.2, 0) is 19.7 Å². The first kappa shape index (κ1) is 26.2. The summed E-state index contributed by atoms with van der Waals surface area (Å²) in [5.41, 5.74) is 4.12. The second kappa shape index (κ2) is 9.84. The lowest BCUT2D eigenvalue weighted by molar-refractivity contribution is -0.161. The summed E-state index contributed by atoms with van der Waals surface area (Å²) < 4.78 is 16.9. The largest absolute Gasteiger partial charge is 0.496 e. The highest BCUT2D eigenvalue weighted by Crippen LogP contribution is 2.70. The van der Waals surface area contributed by atoms with Crippen LogP contribution in [0.5, 0.6) is 11.5 Å². The van der Waals surface area contributed by atoms with Gasteiger partial charge in [0.15, 0.2) is 0 Å². The molecule has 0 N–H and O–H groups in total. The number of likely N-dealkylation sites (tertiary alicyclic amines) is 1. The molecule has 206 valence electrons. The van der Waals surface area contributed by atoms with Crippen molar-refractivity contribution in [2.24, 2.45) is 11.3 Å². The Morgan fingerprint density at radius 3 is 2.38 bits per heavy atom. The van der Waals surface area contributed by atoms with E-state index in [4.69, 9.17) is 14.2 Å². The Balaban J connectivity index is 1.50. The Hall–Kier alpha value is -4.06. The number of rotatable bonds is 6. The summed E-state index contributed by atoms with van der Waals surface area (Å²) in [7, 11) is 4.77. The number of ether oxygens (including phenoxy) is 3. The van der Waals surface area contributed by atoms with Crippen molar-refractivity contribution in [3.05, 3.63) is 101 Å². The number of fused-ring (bicyclic) bond motifs is 1. The molecule has 0 unspecified atom stereocenters. The van der Waals surface area contributed by atoms with Gasteiger partial charge in [-0.05, 0) is 49.1 Å². The van der Waals surface area contributed by atoms with Gasteiger partial charge < -0.3 is 19.1 Å². The normalized spacial score (nSPS) is 26.4. The van der Waals surface area contributed by atoms with E-state index in [-0.39, 0.29) is 23.7 Å². The van der Waals surface area contributed by atoms with Crippen LogP contribution in [-0.4, -0.2) is 51.2 Å². The van der Waals surface area contributed by atoms with Gasteiger partial charge in [0, 0.05) is 47.5 Å². The number of para-hydroxylation sites is 1. The summed E-state index contributed by atoms with van der Waals surface area (Å²) >= 11 is 0. The fourth-order valence-corrected chi connectivity index (χ4v) is 7.95. The summed E-state index contributed by atoms with van der Waals surface area (Å²) in [6, 6.07) is 22.5. The summed E-state index contributed by atoms with van der Waals surface area (Å²) in [4.78, 5) is 29.6. The first-order chi connectivity index (χ1) is 19.4. The van der Waals surface area contributed by atoms with Crippen LogP contribution < -0.4 is 9.47 Å². The van der Waals surface area contributed by atoms with Crippen molar-refractivity contribution in [2.75, 3.05) is 34.4 Å². The van der Waals surface area contributed by atoms with Gasteiger partial charge in [-0.25, -0.2) is 0 Å². The Morgan fingerprint density at radius 1 is 0.925 bits per heavy atom. The molecule has 4 atom stereocenters. The van der Waals surface area contributed by atoms with Gasteiger partial charge in [-0.15, -0.1) is 0 Å². The highest BCUT2D eigenvalue weighted by molar-refractivity contribution is 5.94. The third-order valence-corrected chi connectivity index (χ3v) is 9.62. The maximum Gasteiger partial charge on any atom is 0.314 e. The third kappa shape index (κ3) is 3.61. The molecule has 0 spiro atoms. The van der Waals surface area contributed by atoms with Crippen molar-refractivity contribution in [3.8, 4) is 11.5 Å². The van der Waals surface area contributed by atoms with Gasteiger partial charge in [-0.2, -0.15) is 0 Å². The van der Waals surface area contributed by atoms with Crippen LogP contribution in [0.2, 0.25) is 0 Å².